The van der Waals surface area contributed by atoms with E-state index in [1.165, 1.54) is 0 Å². The number of carbonyl (C=O) groups excluding carboxylic acids is 2. The van der Waals surface area contributed by atoms with Gasteiger partial charge in [-0.1, -0.05) is 55.1 Å². The maximum atomic E-state index is 12.6. The van der Waals surface area contributed by atoms with Gasteiger partial charge in [0, 0.05) is 30.1 Å². The van der Waals surface area contributed by atoms with Gasteiger partial charge < -0.3 is 20.8 Å². The Morgan fingerprint density at radius 3 is 2.63 bits per heavy atom. The summed E-state index contributed by atoms with van der Waals surface area (Å²) in [4.78, 5) is 27.0. The van der Waals surface area contributed by atoms with Crippen molar-refractivity contribution in [3.63, 3.8) is 0 Å². The van der Waals surface area contributed by atoms with Crippen LogP contribution in [0.1, 0.15) is 16.7 Å². The molecule has 0 bridgehead atoms. The first-order chi connectivity index (χ1) is 13.1. The van der Waals surface area contributed by atoms with Crippen LogP contribution in [0.5, 0.6) is 0 Å². The van der Waals surface area contributed by atoms with Crippen molar-refractivity contribution >= 4 is 29.0 Å². The molecule has 0 aliphatic rings. The smallest absolute Gasteiger partial charge is 0.405 e. The van der Waals surface area contributed by atoms with Gasteiger partial charge >= 0.3 is 6.09 Å². The second-order valence-electron chi connectivity index (χ2n) is 6.15. The van der Waals surface area contributed by atoms with Crippen LogP contribution in [-0.4, -0.2) is 23.1 Å². The van der Waals surface area contributed by atoms with Gasteiger partial charge in [0.2, 0.25) is 0 Å². The summed E-state index contributed by atoms with van der Waals surface area (Å²) in [6.45, 7) is 4.03. The first-order valence-electron chi connectivity index (χ1n) is 8.57. The maximum absolute atomic E-state index is 12.6. The zero-order valence-corrected chi connectivity index (χ0v) is 14.8. The molecule has 0 radical (unpaired) electrons. The molecule has 0 fully saturated rings. The van der Waals surface area contributed by atoms with Crippen molar-refractivity contribution in [1.29, 1.82) is 0 Å². The molecule has 0 saturated heterocycles. The zero-order chi connectivity index (χ0) is 19.2. The summed E-state index contributed by atoms with van der Waals surface area (Å²) >= 11 is 0. The van der Waals surface area contributed by atoms with Gasteiger partial charge in [0.1, 0.15) is 0 Å². The largest absolute Gasteiger partial charge is 0.436 e. The predicted octanol–water partition coefficient (Wildman–Crippen LogP) is 3.13. The van der Waals surface area contributed by atoms with Gasteiger partial charge in [-0.25, -0.2) is 4.79 Å². The molecule has 1 heterocycles. The van der Waals surface area contributed by atoms with Crippen molar-refractivity contribution in [1.82, 2.24) is 10.3 Å². The van der Waals surface area contributed by atoms with E-state index < -0.39 is 18.1 Å². The minimum Gasteiger partial charge on any atom is -0.436 e. The lowest BCUT2D eigenvalue weighted by Crippen LogP contribution is -2.40. The first-order valence-corrected chi connectivity index (χ1v) is 8.57. The van der Waals surface area contributed by atoms with Crippen LogP contribution in [0.3, 0.4) is 0 Å². The fourth-order valence-electron chi connectivity index (χ4n) is 2.90. The molecule has 4 N–H and O–H groups in total. The second kappa shape index (κ2) is 8.23. The quantitative estimate of drug-likeness (QED) is 0.601. The molecule has 6 nitrogen and oxygen atoms in total. The Labute approximate surface area is 157 Å². The van der Waals surface area contributed by atoms with Gasteiger partial charge in [0.15, 0.2) is 6.10 Å². The minimum atomic E-state index is -1.01. The van der Waals surface area contributed by atoms with Gasteiger partial charge in [0.25, 0.3) is 5.91 Å². The number of carbonyl (C=O) groups is 2. The number of aromatic nitrogens is 1. The molecule has 138 valence electrons. The molecule has 1 atom stereocenters. The fourth-order valence-corrected chi connectivity index (χ4v) is 2.90. The van der Waals surface area contributed by atoms with Crippen LogP contribution in [0, 0.1) is 0 Å². The van der Waals surface area contributed by atoms with Gasteiger partial charge in [-0.05, 0) is 22.8 Å². The molecule has 27 heavy (non-hydrogen) atoms. The lowest BCUT2D eigenvalue weighted by atomic mass is 10.1. The SMILES string of the molecule is C=Cc1ccc(CNC(=O)C(Cc2c[nH]c3ccccc23)OC(N)=O)cc1. The number of para-hydroxylation sites is 1. The van der Waals surface area contributed by atoms with Crippen LogP contribution >= 0.6 is 0 Å². The highest BCUT2D eigenvalue weighted by Gasteiger charge is 2.23. The number of fused-ring (bicyclic) bond motifs is 1. The van der Waals surface area contributed by atoms with E-state index in [9.17, 15) is 9.59 Å². The third-order valence-corrected chi connectivity index (χ3v) is 4.31. The van der Waals surface area contributed by atoms with E-state index in [0.29, 0.717) is 6.54 Å². The molecule has 0 aliphatic carbocycles. The number of nitrogens with one attached hydrogen (secondary N) is 2. The predicted molar refractivity (Wildman–Crippen MR) is 105 cm³/mol. The number of hydrogen-bond acceptors (Lipinski definition) is 3. The number of rotatable bonds is 7. The Morgan fingerprint density at radius 2 is 1.93 bits per heavy atom. The highest BCUT2D eigenvalue weighted by atomic mass is 16.6. The van der Waals surface area contributed by atoms with Crippen LogP contribution in [0.15, 0.2) is 61.3 Å². The van der Waals surface area contributed by atoms with E-state index in [2.05, 4.69) is 16.9 Å². The van der Waals surface area contributed by atoms with Crippen LogP contribution in [0.4, 0.5) is 4.79 Å². The van der Waals surface area contributed by atoms with Gasteiger partial charge in [-0.15, -0.1) is 0 Å². The highest BCUT2D eigenvalue weighted by molar-refractivity contribution is 5.86. The molecule has 6 heteroatoms. The molecule has 0 aliphatic heterocycles. The van der Waals surface area contributed by atoms with E-state index in [1.807, 2.05) is 54.7 Å². The lowest BCUT2D eigenvalue weighted by molar-refractivity contribution is -0.129. The number of nitrogens with two attached hydrogens (primary N) is 1. The minimum absolute atomic E-state index is 0.230. The van der Waals surface area contributed by atoms with Crippen LogP contribution in [-0.2, 0) is 22.5 Å². The summed E-state index contributed by atoms with van der Waals surface area (Å²) in [6, 6.07) is 15.4. The number of aromatic amines is 1. The molecule has 3 aromatic rings. The van der Waals surface area contributed by atoms with E-state index in [0.717, 1.165) is 27.6 Å². The fraction of sp³-hybridized carbons (Fsp3) is 0.143. The number of ether oxygens (including phenoxy) is 1. The van der Waals surface area contributed by atoms with E-state index in [1.54, 1.807) is 6.08 Å². The van der Waals surface area contributed by atoms with Crippen molar-refractivity contribution in [2.45, 2.75) is 19.1 Å². The van der Waals surface area contributed by atoms with E-state index in [-0.39, 0.29) is 6.42 Å². The van der Waals surface area contributed by atoms with Crippen molar-refractivity contribution < 1.29 is 14.3 Å². The number of H-pyrrole nitrogens is 1. The molecular formula is C21H21N3O3. The Bertz CT molecular complexity index is 960. The van der Waals surface area contributed by atoms with Crippen molar-refractivity contribution in [3.05, 3.63) is 78.0 Å². The Hall–Kier alpha value is -3.54. The summed E-state index contributed by atoms with van der Waals surface area (Å²) in [6.07, 6.45) is 1.80. The van der Waals surface area contributed by atoms with Crippen LogP contribution < -0.4 is 11.1 Å². The molecule has 0 spiro atoms. The third kappa shape index (κ3) is 4.55. The first kappa shape index (κ1) is 18.3. The van der Waals surface area contributed by atoms with Gasteiger partial charge in [-0.3, -0.25) is 4.79 Å². The highest BCUT2D eigenvalue weighted by Crippen LogP contribution is 2.20. The molecule has 0 saturated carbocycles. The molecule has 2 aromatic carbocycles. The van der Waals surface area contributed by atoms with Crippen LogP contribution in [0.2, 0.25) is 0 Å². The monoisotopic (exact) mass is 363 g/mol. The molecule has 2 amide bonds. The van der Waals surface area contributed by atoms with Crippen molar-refractivity contribution in [2.24, 2.45) is 5.73 Å². The normalized spacial score (nSPS) is 11.7. The molecule has 1 aromatic heterocycles. The lowest BCUT2D eigenvalue weighted by Gasteiger charge is -2.16. The maximum Gasteiger partial charge on any atom is 0.405 e. The van der Waals surface area contributed by atoms with Gasteiger partial charge in [-0.2, -0.15) is 0 Å². The summed E-state index contributed by atoms with van der Waals surface area (Å²) in [5, 5.41) is 3.77. The second-order valence-corrected chi connectivity index (χ2v) is 6.15. The third-order valence-electron chi connectivity index (χ3n) is 4.31. The average Bonchev–Trinajstić information content (AvgIpc) is 3.08. The molecule has 3 rings (SSSR count). The van der Waals surface area contributed by atoms with Crippen LogP contribution in [0.25, 0.3) is 17.0 Å². The Kier molecular flexibility index (Phi) is 5.56. The van der Waals surface area contributed by atoms with E-state index >= 15 is 0 Å². The number of hydrogen-bond donors (Lipinski definition) is 3. The Balaban J connectivity index is 1.70. The number of amides is 2. The van der Waals surface area contributed by atoms with Crippen molar-refractivity contribution in [3.8, 4) is 0 Å². The van der Waals surface area contributed by atoms with Gasteiger partial charge in [0.05, 0.1) is 0 Å². The van der Waals surface area contributed by atoms with E-state index in [4.69, 9.17) is 10.5 Å². The summed E-state index contributed by atoms with van der Waals surface area (Å²) in [7, 11) is 0. The summed E-state index contributed by atoms with van der Waals surface area (Å²) in [5.41, 5.74) is 8.91. The number of benzene rings is 2. The zero-order valence-electron chi connectivity index (χ0n) is 14.8. The molecule has 1 unspecified atom stereocenters. The average molecular weight is 363 g/mol. The van der Waals surface area contributed by atoms with Crippen molar-refractivity contribution in [2.75, 3.05) is 0 Å². The Morgan fingerprint density at radius 1 is 1.19 bits per heavy atom. The summed E-state index contributed by atoms with van der Waals surface area (Å²) < 4.78 is 5.06. The topological polar surface area (TPSA) is 97.2 Å². The summed E-state index contributed by atoms with van der Waals surface area (Å²) in [5.74, 6) is -0.396. The standard InChI is InChI=1S/C21H21N3O3/c1-2-14-7-9-15(10-8-14)12-24-20(25)19(27-21(22)26)11-16-13-23-18-6-4-3-5-17(16)18/h2-10,13,19,23H,1,11-12H2,(H2,22,26)(H,24,25). The molecular weight excluding hydrogens is 342 g/mol. The number of primary amides is 1.